The zero-order chi connectivity index (χ0) is 34.9. The summed E-state index contributed by atoms with van der Waals surface area (Å²) in [7, 11) is -1.35. The van der Waals surface area contributed by atoms with Gasteiger partial charge in [0.25, 0.3) is 0 Å². The molecule has 7 rings (SSSR count). The van der Waals surface area contributed by atoms with Crippen LogP contribution in [0.15, 0.2) is 108 Å². The van der Waals surface area contributed by atoms with E-state index >= 15 is 0 Å². The Kier molecular flexibility index (Phi) is 11.1. The Morgan fingerprint density at radius 1 is 0.780 bits per heavy atom. The van der Waals surface area contributed by atoms with Crippen LogP contribution < -0.4 is 5.19 Å². The standard InChI is InChI=1S/C26H21N2O.C18H24NSi.Ir/c1-17-12-13-21-20-10-7-11-22(24(20)29-25(21)28-17)23-16-19(14-15-27-23)26(2,3)18-8-5-4-6-9-18;1-13(2)16-11-17(15-9-7-14(3)8-10-15)19-12-18(16)20(4,5)6;/h4-10,12-16H,1-3H3;7-9,11-13H,1-6H3;/q2*-1;. The van der Waals surface area contributed by atoms with Crippen LogP contribution in [0.25, 0.3) is 44.6 Å². The van der Waals surface area contributed by atoms with Crippen molar-refractivity contribution in [3.8, 4) is 22.5 Å². The van der Waals surface area contributed by atoms with Crippen LogP contribution in [0.5, 0.6) is 0 Å². The quantitative estimate of drug-likeness (QED) is 0.124. The Morgan fingerprint density at radius 2 is 1.54 bits per heavy atom. The molecule has 0 unspecified atom stereocenters. The summed E-state index contributed by atoms with van der Waals surface area (Å²) in [6, 6.07) is 38.0. The largest absolute Gasteiger partial charge is 0.486 e. The summed E-state index contributed by atoms with van der Waals surface area (Å²) in [5, 5.41) is 3.53. The topological polar surface area (TPSA) is 51.8 Å². The summed E-state index contributed by atoms with van der Waals surface area (Å²) >= 11 is 0. The Balaban J connectivity index is 0.000000204. The number of benzene rings is 3. The zero-order valence-corrected chi connectivity index (χ0v) is 33.9. The van der Waals surface area contributed by atoms with Crippen molar-refractivity contribution in [2.24, 2.45) is 0 Å². The summed E-state index contributed by atoms with van der Waals surface area (Å²) in [4.78, 5) is 13.9. The van der Waals surface area contributed by atoms with E-state index in [1.54, 1.807) is 0 Å². The number of rotatable bonds is 6. The molecule has 1 radical (unpaired) electrons. The monoisotopic (exact) mass is 852 g/mol. The molecule has 50 heavy (non-hydrogen) atoms. The van der Waals surface area contributed by atoms with Gasteiger partial charge in [0.15, 0.2) is 0 Å². The van der Waals surface area contributed by atoms with Crippen LogP contribution in [0.4, 0.5) is 0 Å². The third-order valence-corrected chi connectivity index (χ3v) is 11.3. The van der Waals surface area contributed by atoms with Crippen LogP contribution in [0.1, 0.15) is 61.6 Å². The Labute approximate surface area is 311 Å². The minimum absolute atomic E-state index is 0. The molecule has 4 heterocycles. The van der Waals surface area contributed by atoms with E-state index in [9.17, 15) is 0 Å². The molecule has 7 aromatic rings. The van der Waals surface area contributed by atoms with Crippen molar-refractivity contribution in [1.29, 1.82) is 0 Å². The Bertz CT molecular complexity index is 2230. The van der Waals surface area contributed by atoms with Gasteiger partial charge in [0.1, 0.15) is 0 Å². The van der Waals surface area contributed by atoms with Crippen molar-refractivity contribution >= 4 is 35.3 Å². The fourth-order valence-corrected chi connectivity index (χ4v) is 7.95. The molecule has 0 fully saturated rings. The molecule has 0 spiro atoms. The van der Waals surface area contributed by atoms with Crippen LogP contribution in [0.3, 0.4) is 0 Å². The van der Waals surface area contributed by atoms with Crippen molar-refractivity contribution in [2.75, 3.05) is 0 Å². The van der Waals surface area contributed by atoms with Gasteiger partial charge in [0.2, 0.25) is 5.71 Å². The second-order valence-corrected chi connectivity index (χ2v) is 19.8. The number of hydrogen-bond acceptors (Lipinski definition) is 4. The SMILES string of the molecule is Cc1c[c-]c(-c2cc(C(C)C)c([Si](C)(C)C)cn2)cc1.Cc1ccc2c(n1)oc1c(-c3cc(C(C)(C)c4ccccc4)ccn3)[c-]ccc12.[Ir]. The molecule has 3 aromatic carbocycles. The van der Waals surface area contributed by atoms with Gasteiger partial charge in [-0.05, 0) is 58.7 Å². The van der Waals surface area contributed by atoms with Gasteiger partial charge in [-0.1, -0.05) is 113 Å². The van der Waals surface area contributed by atoms with Gasteiger partial charge in [0, 0.05) is 49.0 Å². The van der Waals surface area contributed by atoms with Crippen molar-refractivity contribution < 1.29 is 24.5 Å². The van der Waals surface area contributed by atoms with Crippen LogP contribution >= 0.6 is 0 Å². The van der Waals surface area contributed by atoms with Crippen LogP contribution in [-0.4, -0.2) is 23.0 Å². The van der Waals surface area contributed by atoms with E-state index in [1.165, 1.54) is 27.4 Å². The maximum atomic E-state index is 6.15. The molecule has 0 bridgehead atoms. The predicted octanol–water partition coefficient (Wildman–Crippen LogP) is 11.0. The number of fused-ring (bicyclic) bond motifs is 3. The van der Waals surface area contributed by atoms with Gasteiger partial charge in [-0.3, -0.25) is 0 Å². The normalized spacial score (nSPS) is 11.7. The van der Waals surface area contributed by atoms with E-state index in [2.05, 4.69) is 143 Å². The van der Waals surface area contributed by atoms with Gasteiger partial charge in [0.05, 0.1) is 13.7 Å². The first-order valence-corrected chi connectivity index (χ1v) is 20.5. The summed E-state index contributed by atoms with van der Waals surface area (Å²) in [6.45, 7) is 20.2. The maximum Gasteiger partial charge on any atom is 0.216 e. The number of hydrogen-bond donors (Lipinski definition) is 0. The fraction of sp³-hybridized carbons (Fsp3) is 0.250. The van der Waals surface area contributed by atoms with E-state index in [-0.39, 0.29) is 25.5 Å². The van der Waals surface area contributed by atoms with Crippen molar-refractivity contribution in [3.63, 3.8) is 0 Å². The van der Waals surface area contributed by atoms with Gasteiger partial charge in [-0.15, -0.1) is 53.6 Å². The molecule has 257 valence electrons. The number of furan rings is 1. The molecule has 0 aliphatic rings. The first kappa shape index (κ1) is 37.0. The molecule has 0 atom stereocenters. The van der Waals surface area contributed by atoms with E-state index in [0.717, 1.165) is 44.6 Å². The van der Waals surface area contributed by atoms with E-state index in [0.29, 0.717) is 11.6 Å². The first-order valence-electron chi connectivity index (χ1n) is 17.0. The molecule has 4 nitrogen and oxygen atoms in total. The van der Waals surface area contributed by atoms with Gasteiger partial charge < -0.3 is 14.4 Å². The molecule has 0 saturated carbocycles. The molecule has 0 aliphatic carbocycles. The minimum Gasteiger partial charge on any atom is -0.486 e. The third kappa shape index (κ3) is 7.73. The minimum atomic E-state index is -1.35. The summed E-state index contributed by atoms with van der Waals surface area (Å²) < 4.78 is 6.15. The van der Waals surface area contributed by atoms with Gasteiger partial charge in [-0.25, -0.2) is 4.98 Å². The van der Waals surface area contributed by atoms with Crippen LogP contribution in [0.2, 0.25) is 19.6 Å². The fourth-order valence-electron chi connectivity index (χ4n) is 6.27. The van der Waals surface area contributed by atoms with E-state index in [1.807, 2.05) is 43.5 Å². The third-order valence-electron chi connectivity index (χ3n) is 9.28. The van der Waals surface area contributed by atoms with E-state index in [4.69, 9.17) is 9.40 Å². The summed E-state index contributed by atoms with van der Waals surface area (Å²) in [6.07, 6.45) is 3.97. The molecular formula is C44H45IrN3OSi-2. The first-order chi connectivity index (χ1) is 23.3. The maximum absolute atomic E-state index is 6.15. The molecule has 0 amide bonds. The average molecular weight is 852 g/mol. The molecule has 4 aromatic heterocycles. The van der Waals surface area contributed by atoms with E-state index < -0.39 is 8.07 Å². The number of aromatic nitrogens is 3. The number of nitrogens with zero attached hydrogens (tertiary/aromatic N) is 3. The second-order valence-electron chi connectivity index (χ2n) is 14.8. The number of aryl methyl sites for hydroxylation is 2. The smallest absolute Gasteiger partial charge is 0.216 e. The number of pyridine rings is 3. The molecule has 6 heteroatoms. The summed E-state index contributed by atoms with van der Waals surface area (Å²) in [5.74, 6) is 0.531. The van der Waals surface area contributed by atoms with Crippen LogP contribution in [-0.2, 0) is 25.5 Å². The van der Waals surface area contributed by atoms with Crippen molar-refractivity contribution in [3.05, 3.63) is 143 Å². The molecule has 0 aliphatic heterocycles. The molecule has 0 N–H and O–H groups in total. The second kappa shape index (κ2) is 14.9. The average Bonchev–Trinajstić information content (AvgIpc) is 3.46. The predicted molar refractivity (Wildman–Crippen MR) is 207 cm³/mol. The Hall–Kier alpha value is -4.22. The van der Waals surface area contributed by atoms with Crippen molar-refractivity contribution in [1.82, 2.24) is 15.0 Å². The molecule has 0 saturated heterocycles. The van der Waals surface area contributed by atoms with Crippen molar-refractivity contribution in [2.45, 2.75) is 72.5 Å². The zero-order valence-electron chi connectivity index (χ0n) is 30.5. The molecular weight excluding hydrogens is 807 g/mol. The Morgan fingerprint density at radius 3 is 2.22 bits per heavy atom. The van der Waals surface area contributed by atoms with Crippen LogP contribution in [0, 0.1) is 26.0 Å². The summed E-state index contributed by atoms with van der Waals surface area (Å²) in [5.41, 5.74) is 11.2. The van der Waals surface area contributed by atoms with Gasteiger partial charge >= 0.3 is 0 Å². The van der Waals surface area contributed by atoms with Gasteiger partial charge in [-0.2, -0.15) is 0 Å².